The van der Waals surface area contributed by atoms with Crippen LogP contribution < -0.4 is 0 Å². The monoisotopic (exact) mass is 1350 g/mol. The van der Waals surface area contributed by atoms with E-state index in [1.807, 2.05) is 36.4 Å². The third kappa shape index (κ3) is 9.01. The highest BCUT2D eigenvalue weighted by Gasteiger charge is 2.22. The number of nitrogens with zero attached hydrogens (tertiary/aromatic N) is 5. The van der Waals surface area contributed by atoms with E-state index in [-0.39, 0.29) is 0 Å². The Morgan fingerprint density at radius 3 is 0.953 bits per heavy atom. The Balaban J connectivity index is 0.645. The summed E-state index contributed by atoms with van der Waals surface area (Å²) in [5, 5.41) is 16.0. The molecule has 0 saturated heterocycles. The van der Waals surface area contributed by atoms with Crippen molar-refractivity contribution in [2.24, 2.45) is 0 Å². The largest absolute Gasteiger partial charge is 0.456 e. The van der Waals surface area contributed by atoms with Gasteiger partial charge in [-0.2, -0.15) is 0 Å². The topological polar surface area (TPSA) is 80.0 Å². The molecule has 7 heterocycles. The highest BCUT2D eigenvalue weighted by molar-refractivity contribution is 6.15. The molecule has 16 aromatic carbocycles. The lowest BCUT2D eigenvalue weighted by atomic mass is 10.0. The van der Waals surface area contributed by atoms with Crippen molar-refractivity contribution in [1.29, 1.82) is 0 Å². The molecule has 0 fully saturated rings. The van der Waals surface area contributed by atoms with Crippen LogP contribution in [-0.2, 0) is 0 Å². The molecule has 7 aromatic heterocycles. The molecule has 23 aromatic rings. The van der Waals surface area contributed by atoms with E-state index in [2.05, 4.69) is 323 Å². The Bertz CT molecular complexity index is 7390. The summed E-state index contributed by atoms with van der Waals surface area (Å²) in [5.41, 5.74) is 26.3. The van der Waals surface area contributed by atoms with Gasteiger partial charge in [0.15, 0.2) is 5.82 Å². The molecule has 0 amide bonds. The van der Waals surface area contributed by atoms with Gasteiger partial charge >= 0.3 is 0 Å². The van der Waals surface area contributed by atoms with Crippen molar-refractivity contribution in [3.05, 3.63) is 346 Å². The van der Waals surface area contributed by atoms with Crippen LogP contribution in [-0.4, -0.2) is 23.7 Å². The molecular formula is C98H57N5O3. The fraction of sp³-hybridized carbons (Fsp3) is 0. The summed E-state index contributed by atoms with van der Waals surface area (Å²) < 4.78 is 26.3. The first kappa shape index (κ1) is 58.3. The van der Waals surface area contributed by atoms with Crippen molar-refractivity contribution < 1.29 is 13.3 Å². The van der Waals surface area contributed by atoms with Crippen molar-refractivity contribution in [2.75, 3.05) is 0 Å². The van der Waals surface area contributed by atoms with Crippen LogP contribution in [0.5, 0.6) is 0 Å². The highest BCUT2D eigenvalue weighted by Crippen LogP contribution is 2.44. The van der Waals surface area contributed by atoms with Gasteiger partial charge in [-0.05, 0) is 202 Å². The molecule has 0 aliphatic rings. The van der Waals surface area contributed by atoms with Crippen molar-refractivity contribution in [2.45, 2.75) is 0 Å². The molecule has 0 aliphatic heterocycles. The van der Waals surface area contributed by atoms with Gasteiger partial charge in [-0.3, -0.25) is 0 Å². The SMILES string of the molecule is c1cc(-c2cc(-c3ccc4cc(-n5c6ccccc6c6cc(-c7ccc8c(c7)oc7ccccc78)ccc65)ccc4c3)nc(-c3cccc(-n4c5ccccc5c5cc(-c6ccc7c(c6)oc6ccccc67)ccc54)c3)n2)cc(-n2c3ccccc3c3cc(-c4ccc5c(c4)oc4ccccc45)ccc32)c1. The Morgan fingerprint density at radius 2 is 0.500 bits per heavy atom. The number of para-hydroxylation sites is 6. The minimum absolute atomic E-state index is 0.619. The van der Waals surface area contributed by atoms with Crippen molar-refractivity contribution in [3.63, 3.8) is 0 Å². The van der Waals surface area contributed by atoms with Crippen molar-refractivity contribution >= 4 is 142 Å². The third-order valence-corrected chi connectivity index (χ3v) is 22.0. The number of aromatic nitrogens is 5. The maximum absolute atomic E-state index is 6.38. The summed E-state index contributed by atoms with van der Waals surface area (Å²) in [6, 6.07) is 124. The normalized spacial score (nSPS) is 12.2. The highest BCUT2D eigenvalue weighted by atomic mass is 16.3. The maximum atomic E-state index is 6.38. The fourth-order valence-corrected chi connectivity index (χ4v) is 17.0. The summed E-state index contributed by atoms with van der Waals surface area (Å²) in [5.74, 6) is 0.619. The van der Waals surface area contributed by atoms with Gasteiger partial charge in [0, 0.05) is 98.4 Å². The average molecular weight is 1350 g/mol. The van der Waals surface area contributed by atoms with Gasteiger partial charge in [0.25, 0.3) is 0 Å². The number of fused-ring (bicyclic) bond motifs is 19. The minimum atomic E-state index is 0.619. The summed E-state index contributed by atoms with van der Waals surface area (Å²) in [6.07, 6.45) is 0. The zero-order valence-corrected chi connectivity index (χ0v) is 56.9. The molecule has 0 radical (unpaired) electrons. The predicted molar refractivity (Wildman–Crippen MR) is 437 cm³/mol. The van der Waals surface area contributed by atoms with E-state index in [1.54, 1.807) is 0 Å². The van der Waals surface area contributed by atoms with Crippen LogP contribution in [0.25, 0.3) is 226 Å². The second-order valence-corrected chi connectivity index (χ2v) is 28.0. The molecule has 106 heavy (non-hydrogen) atoms. The second-order valence-electron chi connectivity index (χ2n) is 28.0. The molecule has 0 atom stereocenters. The quantitative estimate of drug-likeness (QED) is 0.144. The minimum Gasteiger partial charge on any atom is -0.456 e. The first-order chi connectivity index (χ1) is 52.5. The number of rotatable bonds is 9. The van der Waals surface area contributed by atoms with Crippen LogP contribution >= 0.6 is 0 Å². The van der Waals surface area contributed by atoms with E-state index in [9.17, 15) is 0 Å². The molecule has 8 heteroatoms. The van der Waals surface area contributed by atoms with E-state index >= 15 is 0 Å². The molecule has 0 unspecified atom stereocenters. The fourth-order valence-electron chi connectivity index (χ4n) is 17.0. The van der Waals surface area contributed by atoms with Crippen molar-refractivity contribution in [3.8, 4) is 84.3 Å². The van der Waals surface area contributed by atoms with Gasteiger partial charge in [0.2, 0.25) is 0 Å². The lowest BCUT2D eigenvalue weighted by Crippen LogP contribution is -1.99. The lowest BCUT2D eigenvalue weighted by Gasteiger charge is -2.14. The van der Waals surface area contributed by atoms with E-state index in [4.69, 9.17) is 23.2 Å². The van der Waals surface area contributed by atoms with Gasteiger partial charge in [0.1, 0.15) is 33.5 Å². The maximum Gasteiger partial charge on any atom is 0.160 e. The Kier molecular flexibility index (Phi) is 12.4. The first-order valence-corrected chi connectivity index (χ1v) is 36.0. The average Bonchev–Trinajstić information content (AvgIpc) is 1.55. The standard InChI is InChI=1S/C98H57N5O3/c1-7-25-86-72(19-1)81-51-60(63-34-41-78-75-22-4-10-28-92(75)104-95(78)54-63)37-44-89(81)101(86)69-17-13-15-66(49-69)84-57-85(100-98(99-84)68-16-14-18-70(50-68)102-87-26-8-2-20-73(87)82-52-61(38-45-90(82)102)64-35-42-79-76-23-5-11-29-93(76)105-96(79)55-64)67-32-31-59-48-71(40-33-58(59)47-67)103-88-27-9-3-21-74(88)83-53-62(39-46-91(83)103)65-36-43-80-77-24-6-12-30-94(77)106-97(80)56-65/h1-57H. The molecule has 0 bridgehead atoms. The van der Waals surface area contributed by atoms with E-state index < -0.39 is 0 Å². The van der Waals surface area contributed by atoms with Crippen LogP contribution in [0.15, 0.2) is 359 Å². The second kappa shape index (κ2) is 22.6. The van der Waals surface area contributed by atoms with Gasteiger partial charge in [0.05, 0.1) is 44.5 Å². The predicted octanol–water partition coefficient (Wildman–Crippen LogP) is 26.6. The summed E-state index contributed by atoms with van der Waals surface area (Å²) in [6.45, 7) is 0. The number of benzene rings is 16. The molecule has 0 saturated carbocycles. The lowest BCUT2D eigenvalue weighted by molar-refractivity contribution is 0.668. The van der Waals surface area contributed by atoms with E-state index in [0.29, 0.717) is 5.82 Å². The summed E-state index contributed by atoms with van der Waals surface area (Å²) in [7, 11) is 0. The van der Waals surface area contributed by atoms with Crippen LogP contribution in [0.1, 0.15) is 0 Å². The number of hydrogen-bond donors (Lipinski definition) is 0. The van der Waals surface area contributed by atoms with E-state index in [0.717, 1.165) is 194 Å². The van der Waals surface area contributed by atoms with Crippen molar-refractivity contribution in [1.82, 2.24) is 23.7 Å². The number of furan rings is 3. The first-order valence-electron chi connectivity index (χ1n) is 36.0. The molecule has 23 rings (SSSR count). The summed E-state index contributed by atoms with van der Waals surface area (Å²) in [4.78, 5) is 11.2. The summed E-state index contributed by atoms with van der Waals surface area (Å²) >= 11 is 0. The molecule has 8 nitrogen and oxygen atoms in total. The molecule has 492 valence electrons. The van der Waals surface area contributed by atoms with Crippen LogP contribution in [0.4, 0.5) is 0 Å². The van der Waals surface area contributed by atoms with Gasteiger partial charge in [-0.15, -0.1) is 0 Å². The molecule has 0 spiro atoms. The van der Waals surface area contributed by atoms with Gasteiger partial charge in [-0.25, -0.2) is 9.97 Å². The zero-order valence-electron chi connectivity index (χ0n) is 56.9. The van der Waals surface area contributed by atoms with Gasteiger partial charge in [-0.1, -0.05) is 188 Å². The smallest absolute Gasteiger partial charge is 0.160 e. The van der Waals surface area contributed by atoms with Crippen LogP contribution in [0, 0.1) is 0 Å². The Labute approximate surface area is 605 Å². The van der Waals surface area contributed by atoms with Gasteiger partial charge < -0.3 is 27.0 Å². The molecular weight excluding hydrogens is 1300 g/mol. The Hall–Kier alpha value is -14.3. The zero-order chi connectivity index (χ0) is 69.2. The van der Waals surface area contributed by atoms with Crippen LogP contribution in [0.3, 0.4) is 0 Å². The molecule has 0 aliphatic carbocycles. The Morgan fingerprint density at radius 1 is 0.179 bits per heavy atom. The third-order valence-electron chi connectivity index (χ3n) is 22.0. The van der Waals surface area contributed by atoms with Crippen LogP contribution in [0.2, 0.25) is 0 Å². The van der Waals surface area contributed by atoms with E-state index in [1.165, 1.54) is 26.9 Å². The number of hydrogen-bond acceptors (Lipinski definition) is 5. The molecule has 0 N–H and O–H groups in total.